The molecule has 8 heteroatoms. The van der Waals surface area contributed by atoms with Crippen LogP contribution in [0.4, 0.5) is 5.13 Å². The van der Waals surface area contributed by atoms with E-state index in [9.17, 15) is 14.4 Å². The molecule has 0 spiro atoms. The largest absolute Gasteiger partial charge is 0.302 e. The van der Waals surface area contributed by atoms with E-state index in [4.69, 9.17) is 11.6 Å². The lowest BCUT2D eigenvalue weighted by atomic mass is 10.1. The smallest absolute Gasteiger partial charge is 0.261 e. The second kappa shape index (κ2) is 8.14. The van der Waals surface area contributed by atoms with Crippen molar-refractivity contribution in [2.45, 2.75) is 12.8 Å². The average Bonchev–Trinajstić information content (AvgIpc) is 3.27. The van der Waals surface area contributed by atoms with Gasteiger partial charge in [0.05, 0.1) is 16.8 Å². The van der Waals surface area contributed by atoms with Gasteiger partial charge in [0.15, 0.2) is 5.13 Å². The number of carbonyl (C=O) groups excluding carboxylic acids is 3. The lowest BCUT2D eigenvalue weighted by Gasteiger charge is -2.13. The van der Waals surface area contributed by atoms with Gasteiger partial charge in [0.25, 0.3) is 11.8 Å². The number of rotatable bonds is 6. The van der Waals surface area contributed by atoms with Crippen molar-refractivity contribution in [3.8, 4) is 11.3 Å². The van der Waals surface area contributed by atoms with Gasteiger partial charge in [-0.25, -0.2) is 4.98 Å². The van der Waals surface area contributed by atoms with Gasteiger partial charge in [0.1, 0.15) is 0 Å². The standard InChI is InChI=1S/C21H16ClN3O3S/c22-16-9-4-3-8-15(16)17-12-29-21(23-17)24-18(26)10-5-11-25-19(27)13-6-1-2-7-14(13)20(25)28/h1-4,6-9,12H,5,10-11H2,(H,23,24,26). The fourth-order valence-corrected chi connectivity index (χ4v) is 4.10. The Hall–Kier alpha value is -3.03. The van der Waals surface area contributed by atoms with Gasteiger partial charge in [-0.05, 0) is 24.6 Å². The first kappa shape index (κ1) is 19.3. The van der Waals surface area contributed by atoms with E-state index in [1.807, 2.05) is 23.6 Å². The van der Waals surface area contributed by atoms with Crippen LogP contribution in [-0.2, 0) is 4.79 Å². The molecule has 0 atom stereocenters. The summed E-state index contributed by atoms with van der Waals surface area (Å²) in [5.41, 5.74) is 2.33. The van der Waals surface area contributed by atoms with Crippen LogP contribution in [-0.4, -0.2) is 34.2 Å². The van der Waals surface area contributed by atoms with Gasteiger partial charge in [0.2, 0.25) is 5.91 Å². The summed E-state index contributed by atoms with van der Waals surface area (Å²) >= 11 is 7.49. The number of hydrogen-bond acceptors (Lipinski definition) is 5. The quantitative estimate of drug-likeness (QED) is 0.590. The molecule has 3 aromatic rings. The molecule has 0 radical (unpaired) electrons. The van der Waals surface area contributed by atoms with Crippen LogP contribution >= 0.6 is 22.9 Å². The molecular weight excluding hydrogens is 410 g/mol. The van der Waals surface area contributed by atoms with Crippen LogP contribution < -0.4 is 5.32 Å². The number of nitrogens with zero attached hydrogens (tertiary/aromatic N) is 2. The summed E-state index contributed by atoms with van der Waals surface area (Å²) in [5.74, 6) is -0.840. The Kier molecular flexibility index (Phi) is 5.42. The number of anilines is 1. The fourth-order valence-electron chi connectivity index (χ4n) is 3.15. The van der Waals surface area contributed by atoms with Crippen molar-refractivity contribution >= 4 is 45.8 Å². The normalized spacial score (nSPS) is 12.9. The van der Waals surface area contributed by atoms with Crippen LogP contribution in [0.5, 0.6) is 0 Å². The molecule has 0 fully saturated rings. The number of carbonyl (C=O) groups is 3. The van der Waals surface area contributed by atoms with Gasteiger partial charge in [-0.2, -0.15) is 0 Å². The summed E-state index contributed by atoms with van der Waals surface area (Å²) in [6.07, 6.45) is 0.550. The Morgan fingerprint density at radius 1 is 1.00 bits per heavy atom. The van der Waals surface area contributed by atoms with Gasteiger partial charge < -0.3 is 5.32 Å². The zero-order valence-electron chi connectivity index (χ0n) is 15.2. The Morgan fingerprint density at radius 2 is 1.62 bits per heavy atom. The number of benzene rings is 2. The Balaban J connectivity index is 1.31. The molecule has 0 aliphatic carbocycles. The van der Waals surface area contributed by atoms with Crippen molar-refractivity contribution in [2.75, 3.05) is 11.9 Å². The minimum absolute atomic E-state index is 0.175. The number of amides is 3. The SMILES string of the molecule is O=C(CCCN1C(=O)c2ccccc2C1=O)Nc1nc(-c2ccccc2Cl)cs1. The highest BCUT2D eigenvalue weighted by molar-refractivity contribution is 7.14. The molecule has 0 saturated heterocycles. The summed E-state index contributed by atoms with van der Waals surface area (Å²) in [6.45, 7) is 0.197. The molecule has 0 saturated carbocycles. The molecule has 29 heavy (non-hydrogen) atoms. The first-order valence-corrected chi connectivity index (χ1v) is 10.3. The van der Waals surface area contributed by atoms with Crippen LogP contribution in [0.2, 0.25) is 5.02 Å². The maximum absolute atomic E-state index is 12.3. The Labute approximate surface area is 176 Å². The monoisotopic (exact) mass is 425 g/mol. The predicted octanol–water partition coefficient (Wildman–Crippen LogP) is 4.48. The zero-order chi connectivity index (χ0) is 20.4. The van der Waals surface area contributed by atoms with E-state index < -0.39 is 0 Å². The molecule has 146 valence electrons. The van der Waals surface area contributed by atoms with Crippen LogP contribution in [0.25, 0.3) is 11.3 Å². The highest BCUT2D eigenvalue weighted by Crippen LogP contribution is 2.30. The maximum Gasteiger partial charge on any atom is 0.261 e. The van der Waals surface area contributed by atoms with Crippen LogP contribution in [0.15, 0.2) is 53.9 Å². The van der Waals surface area contributed by atoms with Crippen molar-refractivity contribution in [1.82, 2.24) is 9.88 Å². The van der Waals surface area contributed by atoms with E-state index in [2.05, 4.69) is 10.3 Å². The van der Waals surface area contributed by atoms with E-state index in [1.54, 1.807) is 30.3 Å². The van der Waals surface area contributed by atoms with Gasteiger partial charge in [-0.15, -0.1) is 11.3 Å². The molecule has 2 aromatic carbocycles. The van der Waals surface area contributed by atoms with E-state index >= 15 is 0 Å². The van der Waals surface area contributed by atoms with Crippen LogP contribution in [0.1, 0.15) is 33.6 Å². The highest BCUT2D eigenvalue weighted by Gasteiger charge is 2.34. The number of imide groups is 1. The highest BCUT2D eigenvalue weighted by atomic mass is 35.5. The van der Waals surface area contributed by atoms with Crippen molar-refractivity contribution in [1.29, 1.82) is 0 Å². The number of nitrogens with one attached hydrogen (secondary N) is 1. The Bertz CT molecular complexity index is 1080. The van der Waals surface area contributed by atoms with Crippen molar-refractivity contribution < 1.29 is 14.4 Å². The molecule has 1 N–H and O–H groups in total. The topological polar surface area (TPSA) is 79.4 Å². The van der Waals surface area contributed by atoms with Crippen molar-refractivity contribution in [2.24, 2.45) is 0 Å². The molecule has 4 rings (SSSR count). The molecule has 3 amide bonds. The van der Waals surface area contributed by atoms with E-state index in [-0.39, 0.29) is 30.7 Å². The summed E-state index contributed by atoms with van der Waals surface area (Å²) in [5, 5.41) is 5.65. The summed E-state index contributed by atoms with van der Waals surface area (Å²) < 4.78 is 0. The number of hydrogen-bond donors (Lipinski definition) is 1. The minimum Gasteiger partial charge on any atom is -0.302 e. The Morgan fingerprint density at radius 3 is 2.28 bits per heavy atom. The second-order valence-electron chi connectivity index (χ2n) is 6.48. The van der Waals surface area contributed by atoms with Crippen molar-refractivity contribution in [3.05, 3.63) is 70.1 Å². The number of thiazole rings is 1. The first-order valence-electron chi connectivity index (χ1n) is 9.00. The maximum atomic E-state index is 12.3. The number of halogens is 1. The van der Waals surface area contributed by atoms with Gasteiger partial charge >= 0.3 is 0 Å². The fraction of sp³-hybridized carbons (Fsp3) is 0.143. The average molecular weight is 426 g/mol. The van der Waals surface area contributed by atoms with Crippen LogP contribution in [0, 0.1) is 0 Å². The third kappa shape index (κ3) is 3.92. The van der Waals surface area contributed by atoms with E-state index in [0.717, 1.165) is 5.56 Å². The lowest BCUT2D eigenvalue weighted by Crippen LogP contribution is -2.31. The molecular formula is C21H16ClN3O3S. The van der Waals surface area contributed by atoms with Crippen LogP contribution in [0.3, 0.4) is 0 Å². The molecule has 1 aliphatic rings. The molecule has 1 aromatic heterocycles. The van der Waals surface area contributed by atoms with E-state index in [1.165, 1.54) is 16.2 Å². The van der Waals surface area contributed by atoms with Gasteiger partial charge in [-0.1, -0.05) is 41.9 Å². The zero-order valence-corrected chi connectivity index (χ0v) is 16.8. The summed E-state index contributed by atoms with van der Waals surface area (Å²) in [7, 11) is 0. The molecule has 1 aliphatic heterocycles. The molecule has 2 heterocycles. The number of aromatic nitrogens is 1. The third-order valence-corrected chi connectivity index (χ3v) is 5.65. The third-order valence-electron chi connectivity index (χ3n) is 4.56. The lowest BCUT2D eigenvalue weighted by molar-refractivity contribution is -0.116. The minimum atomic E-state index is -0.310. The molecule has 0 unspecified atom stereocenters. The number of fused-ring (bicyclic) bond motifs is 1. The molecule has 6 nitrogen and oxygen atoms in total. The van der Waals surface area contributed by atoms with Gasteiger partial charge in [0, 0.05) is 28.9 Å². The first-order chi connectivity index (χ1) is 14.0. The molecule has 0 bridgehead atoms. The summed E-state index contributed by atoms with van der Waals surface area (Å²) in [4.78, 5) is 42.5. The van der Waals surface area contributed by atoms with E-state index in [0.29, 0.717) is 33.4 Å². The summed E-state index contributed by atoms with van der Waals surface area (Å²) in [6, 6.07) is 14.1. The van der Waals surface area contributed by atoms with Crippen molar-refractivity contribution in [3.63, 3.8) is 0 Å². The van der Waals surface area contributed by atoms with Gasteiger partial charge in [-0.3, -0.25) is 19.3 Å². The predicted molar refractivity (Wildman–Crippen MR) is 112 cm³/mol. The second-order valence-corrected chi connectivity index (χ2v) is 7.74.